The Kier molecular flexibility index (Phi) is 5.24. The van der Waals surface area contributed by atoms with E-state index in [-0.39, 0.29) is 0 Å². The second-order valence-corrected chi connectivity index (χ2v) is 7.81. The zero-order valence-corrected chi connectivity index (χ0v) is 16.8. The number of benzene rings is 1. The molecule has 134 valence electrons. The monoisotopic (exact) mass is 432 g/mol. The van der Waals surface area contributed by atoms with Crippen molar-refractivity contribution in [3.05, 3.63) is 62.3 Å². The van der Waals surface area contributed by atoms with Crippen LogP contribution in [-0.4, -0.2) is 21.8 Å². The number of nitrogens with one attached hydrogen (secondary N) is 3. The first-order valence-electron chi connectivity index (χ1n) is 7.85. The maximum Gasteiger partial charge on any atom is 0.286 e. The fourth-order valence-electron chi connectivity index (χ4n) is 2.51. The van der Waals surface area contributed by atoms with Crippen LogP contribution in [0.15, 0.2) is 34.9 Å². The molecule has 0 bridgehead atoms. The second-order valence-electron chi connectivity index (χ2n) is 5.89. The first kappa shape index (κ1) is 18.3. The number of thiazole rings is 1. The highest BCUT2D eigenvalue weighted by Gasteiger charge is 2.18. The number of H-pyrrole nitrogens is 1. The van der Waals surface area contributed by atoms with Crippen molar-refractivity contribution >= 4 is 39.1 Å². The number of halogens is 1. The van der Waals surface area contributed by atoms with Crippen molar-refractivity contribution in [1.82, 2.24) is 20.8 Å². The van der Waals surface area contributed by atoms with Crippen LogP contribution in [0.5, 0.6) is 0 Å². The largest absolute Gasteiger partial charge is 0.356 e. The van der Waals surface area contributed by atoms with Crippen LogP contribution in [-0.2, 0) is 0 Å². The lowest BCUT2D eigenvalue weighted by molar-refractivity contribution is 0.0846. The first-order chi connectivity index (χ1) is 12.3. The summed E-state index contributed by atoms with van der Waals surface area (Å²) in [7, 11) is 0. The molecule has 0 aliphatic carbocycles. The van der Waals surface area contributed by atoms with Crippen LogP contribution in [0.4, 0.5) is 0 Å². The molecule has 0 aliphatic rings. The highest BCUT2D eigenvalue weighted by molar-refractivity contribution is 9.10. The summed E-state index contributed by atoms with van der Waals surface area (Å²) < 4.78 is 0.755. The molecule has 8 heteroatoms. The summed E-state index contributed by atoms with van der Waals surface area (Å²) in [5.41, 5.74) is 9.08. The molecule has 0 aliphatic heterocycles. The number of nitrogens with zero attached hydrogens (tertiary/aromatic N) is 1. The highest BCUT2D eigenvalue weighted by atomic mass is 79.9. The van der Waals surface area contributed by atoms with Crippen molar-refractivity contribution < 1.29 is 9.59 Å². The van der Waals surface area contributed by atoms with Gasteiger partial charge in [-0.3, -0.25) is 20.4 Å². The molecule has 0 radical (unpaired) electrons. The fourth-order valence-corrected chi connectivity index (χ4v) is 3.91. The van der Waals surface area contributed by atoms with Gasteiger partial charge in [-0.05, 0) is 48.3 Å². The maximum atomic E-state index is 12.4. The quantitative estimate of drug-likeness (QED) is 0.548. The van der Waals surface area contributed by atoms with Crippen LogP contribution in [0, 0.1) is 20.8 Å². The van der Waals surface area contributed by atoms with E-state index in [9.17, 15) is 9.59 Å². The van der Waals surface area contributed by atoms with Crippen LogP contribution in [0.3, 0.4) is 0 Å². The van der Waals surface area contributed by atoms with Gasteiger partial charge in [0.25, 0.3) is 11.8 Å². The van der Waals surface area contributed by atoms with Gasteiger partial charge in [0.1, 0.15) is 15.6 Å². The third-order valence-corrected chi connectivity index (χ3v) is 5.44. The molecule has 0 atom stereocenters. The number of hydrogen-bond donors (Lipinski definition) is 3. The third kappa shape index (κ3) is 3.86. The van der Waals surface area contributed by atoms with E-state index in [0.29, 0.717) is 16.3 Å². The average Bonchev–Trinajstić information content (AvgIpc) is 3.18. The molecular formula is C18H17BrN4O2S. The van der Waals surface area contributed by atoms with Gasteiger partial charge in [0.2, 0.25) is 0 Å². The Morgan fingerprint density at radius 1 is 1.12 bits per heavy atom. The molecule has 6 nitrogen and oxygen atoms in total. The number of carbonyl (C=O) groups excluding carboxylic acids is 2. The normalized spacial score (nSPS) is 10.6. The molecule has 0 unspecified atom stereocenters. The van der Waals surface area contributed by atoms with Crippen LogP contribution in [0.2, 0.25) is 0 Å². The van der Waals surface area contributed by atoms with Gasteiger partial charge in [0.15, 0.2) is 0 Å². The average molecular weight is 433 g/mol. The summed E-state index contributed by atoms with van der Waals surface area (Å²) in [6.45, 7) is 5.84. The van der Waals surface area contributed by atoms with Crippen molar-refractivity contribution in [3.8, 4) is 10.6 Å². The minimum absolute atomic E-state index is 0.342. The number of aryl methyl sites for hydroxylation is 3. The number of hydrogen-bond acceptors (Lipinski definition) is 4. The summed E-state index contributed by atoms with van der Waals surface area (Å²) >= 11 is 4.56. The molecule has 0 spiro atoms. The van der Waals surface area contributed by atoms with Gasteiger partial charge in [-0.1, -0.05) is 23.8 Å². The van der Waals surface area contributed by atoms with E-state index >= 15 is 0 Å². The van der Waals surface area contributed by atoms with Gasteiger partial charge < -0.3 is 4.98 Å². The first-order valence-corrected chi connectivity index (χ1v) is 9.45. The van der Waals surface area contributed by atoms with Gasteiger partial charge >= 0.3 is 0 Å². The number of rotatable bonds is 3. The minimum Gasteiger partial charge on any atom is -0.356 e. The smallest absolute Gasteiger partial charge is 0.286 e. The lowest BCUT2D eigenvalue weighted by atomic mass is 10.1. The van der Waals surface area contributed by atoms with Crippen molar-refractivity contribution in [2.24, 2.45) is 0 Å². The van der Waals surface area contributed by atoms with Crippen LogP contribution in [0.25, 0.3) is 10.6 Å². The number of aromatic nitrogens is 2. The molecule has 26 heavy (non-hydrogen) atoms. The van der Waals surface area contributed by atoms with E-state index in [4.69, 9.17) is 0 Å². The van der Waals surface area contributed by atoms with Crippen molar-refractivity contribution in [1.29, 1.82) is 0 Å². The zero-order valence-electron chi connectivity index (χ0n) is 14.4. The van der Waals surface area contributed by atoms with E-state index < -0.39 is 11.8 Å². The van der Waals surface area contributed by atoms with Gasteiger partial charge in [0, 0.05) is 16.2 Å². The van der Waals surface area contributed by atoms with Crippen molar-refractivity contribution in [2.45, 2.75) is 20.8 Å². The highest BCUT2D eigenvalue weighted by Crippen LogP contribution is 2.30. The van der Waals surface area contributed by atoms with Gasteiger partial charge in [0.05, 0.1) is 5.69 Å². The molecule has 2 amide bonds. The van der Waals surface area contributed by atoms with E-state index in [2.05, 4.69) is 42.8 Å². The lowest BCUT2D eigenvalue weighted by Crippen LogP contribution is -2.41. The molecule has 2 heterocycles. The number of amides is 2. The number of carbonyl (C=O) groups is 2. The third-order valence-electron chi connectivity index (χ3n) is 3.80. The Hall–Kier alpha value is -2.45. The summed E-state index contributed by atoms with van der Waals surface area (Å²) in [6, 6.07) is 7.74. The molecule has 0 saturated heterocycles. The van der Waals surface area contributed by atoms with Crippen LogP contribution in [0.1, 0.15) is 37.0 Å². The van der Waals surface area contributed by atoms with Crippen molar-refractivity contribution in [3.63, 3.8) is 0 Å². The Bertz CT molecular complexity index is 993. The Morgan fingerprint density at radius 3 is 2.50 bits per heavy atom. The van der Waals surface area contributed by atoms with Gasteiger partial charge in [-0.25, -0.2) is 4.98 Å². The van der Waals surface area contributed by atoms with Crippen molar-refractivity contribution in [2.75, 3.05) is 0 Å². The van der Waals surface area contributed by atoms with Gasteiger partial charge in [-0.15, -0.1) is 11.3 Å². The van der Waals surface area contributed by atoms with E-state index in [0.717, 1.165) is 20.6 Å². The molecule has 1 aromatic carbocycles. The summed E-state index contributed by atoms with van der Waals surface area (Å²) in [5.74, 6) is -0.823. The maximum absolute atomic E-state index is 12.4. The van der Waals surface area contributed by atoms with E-state index in [1.807, 2.05) is 26.0 Å². The predicted molar refractivity (Wildman–Crippen MR) is 105 cm³/mol. The van der Waals surface area contributed by atoms with E-state index in [1.165, 1.54) is 16.9 Å². The van der Waals surface area contributed by atoms with Crippen LogP contribution < -0.4 is 10.9 Å². The number of aromatic amines is 1. The SMILES string of the molecule is Cc1ccc(-c2nc(C)c(C(=O)NNC(=O)c3cc(Br)c[nH]3)s2)c(C)c1. The zero-order chi connectivity index (χ0) is 18.8. The fraction of sp³-hybridized carbons (Fsp3) is 0.167. The topological polar surface area (TPSA) is 86.9 Å². The van der Waals surface area contributed by atoms with Gasteiger partial charge in [-0.2, -0.15) is 0 Å². The standard InChI is InChI=1S/C18H17BrN4O2S/c1-9-4-5-13(10(2)6-9)18-21-11(3)15(26-18)17(25)23-22-16(24)14-7-12(19)8-20-14/h4-8,20H,1-3H3,(H,22,24)(H,23,25). The molecule has 3 aromatic rings. The van der Waals surface area contributed by atoms with E-state index in [1.54, 1.807) is 19.2 Å². The van der Waals surface area contributed by atoms with Crippen LogP contribution >= 0.6 is 27.3 Å². The predicted octanol–water partition coefficient (Wildman–Crippen LogP) is 3.90. The summed E-state index contributed by atoms with van der Waals surface area (Å²) in [4.78, 5) is 32.2. The summed E-state index contributed by atoms with van der Waals surface area (Å²) in [5, 5.41) is 0.782. The minimum atomic E-state index is -0.430. The molecule has 0 fully saturated rings. The lowest BCUT2D eigenvalue weighted by Gasteiger charge is -2.05. The molecular weight excluding hydrogens is 416 g/mol. The number of hydrazine groups is 1. The second kappa shape index (κ2) is 7.43. The molecule has 3 rings (SSSR count). The Labute approximate surface area is 163 Å². The molecule has 2 aromatic heterocycles. The Morgan fingerprint density at radius 2 is 1.85 bits per heavy atom. The Balaban J connectivity index is 1.74. The molecule has 0 saturated carbocycles. The molecule has 3 N–H and O–H groups in total. The summed E-state index contributed by atoms with van der Waals surface area (Å²) in [6.07, 6.45) is 1.64.